The molecule has 0 atom stereocenters. The van der Waals surface area contributed by atoms with Gasteiger partial charge >= 0.3 is 0 Å². The van der Waals surface area contributed by atoms with Gasteiger partial charge in [-0.3, -0.25) is 9.78 Å². The van der Waals surface area contributed by atoms with Crippen molar-refractivity contribution in [3.63, 3.8) is 0 Å². The monoisotopic (exact) mass is 240 g/mol. The summed E-state index contributed by atoms with van der Waals surface area (Å²) in [6, 6.07) is 9.40. The van der Waals surface area contributed by atoms with E-state index in [4.69, 9.17) is 0 Å². The first-order chi connectivity index (χ1) is 8.56. The highest BCUT2D eigenvalue weighted by molar-refractivity contribution is 6.04. The van der Waals surface area contributed by atoms with Crippen LogP contribution in [0.1, 0.15) is 27.2 Å². The highest BCUT2D eigenvalue weighted by atomic mass is 16.1. The highest BCUT2D eigenvalue weighted by Gasteiger charge is 2.07. The van der Waals surface area contributed by atoms with E-state index in [2.05, 4.69) is 10.3 Å². The Morgan fingerprint density at radius 2 is 1.83 bits per heavy atom. The van der Waals surface area contributed by atoms with Gasteiger partial charge in [0.05, 0.1) is 11.9 Å². The first-order valence-electron chi connectivity index (χ1n) is 5.87. The van der Waals surface area contributed by atoms with E-state index in [0.717, 1.165) is 11.3 Å². The van der Waals surface area contributed by atoms with Gasteiger partial charge in [0, 0.05) is 11.3 Å². The molecule has 0 bridgehead atoms. The van der Waals surface area contributed by atoms with Crippen molar-refractivity contribution in [3.05, 3.63) is 58.9 Å². The Hall–Kier alpha value is -2.16. The topological polar surface area (TPSA) is 42.0 Å². The number of aromatic nitrogens is 1. The zero-order valence-electron chi connectivity index (χ0n) is 10.8. The van der Waals surface area contributed by atoms with Gasteiger partial charge in [0.25, 0.3) is 5.91 Å². The number of carbonyl (C=O) groups excluding carboxylic acids is 1. The summed E-state index contributed by atoms with van der Waals surface area (Å²) in [6.45, 7) is 5.94. The summed E-state index contributed by atoms with van der Waals surface area (Å²) in [4.78, 5) is 16.2. The van der Waals surface area contributed by atoms with Crippen LogP contribution in [-0.4, -0.2) is 10.9 Å². The molecule has 1 aromatic heterocycles. The van der Waals surface area contributed by atoms with Gasteiger partial charge in [0.1, 0.15) is 0 Å². The fraction of sp³-hybridized carbons (Fsp3) is 0.200. The smallest absolute Gasteiger partial charge is 0.255 e. The number of pyridine rings is 1. The summed E-state index contributed by atoms with van der Waals surface area (Å²) < 4.78 is 0. The van der Waals surface area contributed by atoms with Gasteiger partial charge in [0.15, 0.2) is 0 Å². The second-order valence-electron chi connectivity index (χ2n) is 4.44. The fourth-order valence-corrected chi connectivity index (χ4v) is 1.63. The molecule has 92 valence electrons. The number of benzene rings is 1. The van der Waals surface area contributed by atoms with Crippen LogP contribution >= 0.6 is 0 Å². The number of nitrogens with one attached hydrogen (secondary N) is 1. The lowest BCUT2D eigenvalue weighted by molar-refractivity contribution is 0.102. The summed E-state index contributed by atoms with van der Waals surface area (Å²) >= 11 is 0. The van der Waals surface area contributed by atoms with Gasteiger partial charge in [-0.25, -0.2) is 0 Å². The van der Waals surface area contributed by atoms with Gasteiger partial charge in [0.2, 0.25) is 0 Å². The van der Waals surface area contributed by atoms with E-state index in [1.165, 1.54) is 5.56 Å². The molecular weight excluding hydrogens is 224 g/mol. The van der Waals surface area contributed by atoms with Gasteiger partial charge in [-0.2, -0.15) is 0 Å². The molecular formula is C15H16N2O. The van der Waals surface area contributed by atoms with Crippen LogP contribution in [0.25, 0.3) is 0 Å². The highest BCUT2D eigenvalue weighted by Crippen LogP contribution is 2.12. The maximum atomic E-state index is 12.0. The minimum Gasteiger partial charge on any atom is -0.321 e. The van der Waals surface area contributed by atoms with E-state index in [9.17, 15) is 4.79 Å². The SMILES string of the molecule is Cc1ccc(NC(=O)c2ccc(C)c(C)c2)cn1. The van der Waals surface area contributed by atoms with Crippen LogP contribution in [0.4, 0.5) is 5.69 Å². The fourth-order valence-electron chi connectivity index (χ4n) is 1.63. The van der Waals surface area contributed by atoms with Crippen molar-refractivity contribution in [2.75, 3.05) is 5.32 Å². The van der Waals surface area contributed by atoms with Crippen LogP contribution in [0.3, 0.4) is 0 Å². The van der Waals surface area contributed by atoms with Gasteiger partial charge < -0.3 is 5.32 Å². The lowest BCUT2D eigenvalue weighted by atomic mass is 10.1. The number of amides is 1. The molecule has 0 saturated heterocycles. The molecule has 0 fully saturated rings. The van der Waals surface area contributed by atoms with E-state index < -0.39 is 0 Å². The Labute approximate surface area is 107 Å². The first-order valence-corrected chi connectivity index (χ1v) is 5.87. The molecule has 0 radical (unpaired) electrons. The van der Waals surface area contributed by atoms with Crippen molar-refractivity contribution in [2.45, 2.75) is 20.8 Å². The van der Waals surface area contributed by atoms with Crippen molar-refractivity contribution < 1.29 is 4.79 Å². The number of carbonyl (C=O) groups is 1. The van der Waals surface area contributed by atoms with Crippen LogP contribution in [0.2, 0.25) is 0 Å². The number of aryl methyl sites for hydroxylation is 3. The molecule has 1 amide bonds. The number of nitrogens with zero attached hydrogens (tertiary/aromatic N) is 1. The Morgan fingerprint density at radius 3 is 2.44 bits per heavy atom. The minimum atomic E-state index is -0.108. The lowest BCUT2D eigenvalue weighted by Crippen LogP contribution is -2.12. The molecule has 2 aromatic rings. The molecule has 0 unspecified atom stereocenters. The van der Waals surface area contributed by atoms with Crippen LogP contribution in [0.5, 0.6) is 0 Å². The third-order valence-corrected chi connectivity index (χ3v) is 2.94. The summed E-state index contributed by atoms with van der Waals surface area (Å²) in [5.74, 6) is -0.108. The normalized spacial score (nSPS) is 10.2. The van der Waals surface area contributed by atoms with Crippen LogP contribution in [0.15, 0.2) is 36.5 Å². The van der Waals surface area contributed by atoms with Crippen LogP contribution in [0, 0.1) is 20.8 Å². The predicted molar refractivity (Wildman–Crippen MR) is 72.8 cm³/mol. The molecule has 18 heavy (non-hydrogen) atoms. The molecule has 2 rings (SSSR count). The summed E-state index contributed by atoms with van der Waals surface area (Å²) in [6.07, 6.45) is 1.66. The Bertz CT molecular complexity index is 574. The average molecular weight is 240 g/mol. The van der Waals surface area contributed by atoms with E-state index in [1.54, 1.807) is 6.20 Å². The Kier molecular flexibility index (Phi) is 3.42. The minimum absolute atomic E-state index is 0.108. The number of hydrogen-bond acceptors (Lipinski definition) is 2. The van der Waals surface area contributed by atoms with E-state index in [0.29, 0.717) is 11.3 Å². The molecule has 3 nitrogen and oxygen atoms in total. The second kappa shape index (κ2) is 5.00. The molecule has 0 aliphatic carbocycles. The standard InChI is InChI=1S/C15H16N2O/c1-10-4-6-13(8-11(10)2)15(18)17-14-7-5-12(3)16-9-14/h4-9H,1-3H3,(H,17,18). The summed E-state index contributed by atoms with van der Waals surface area (Å²) in [7, 11) is 0. The molecule has 0 aliphatic rings. The van der Waals surface area contributed by atoms with E-state index >= 15 is 0 Å². The third-order valence-electron chi connectivity index (χ3n) is 2.94. The number of rotatable bonds is 2. The van der Waals surface area contributed by atoms with E-state index in [1.807, 2.05) is 51.1 Å². The molecule has 1 N–H and O–H groups in total. The molecule has 3 heteroatoms. The zero-order chi connectivity index (χ0) is 13.1. The maximum absolute atomic E-state index is 12.0. The van der Waals surface area contributed by atoms with Crippen LogP contribution in [-0.2, 0) is 0 Å². The Balaban J connectivity index is 2.16. The van der Waals surface area contributed by atoms with Crippen molar-refractivity contribution in [1.29, 1.82) is 0 Å². The lowest BCUT2D eigenvalue weighted by Gasteiger charge is -2.07. The largest absolute Gasteiger partial charge is 0.321 e. The van der Waals surface area contributed by atoms with Gasteiger partial charge in [-0.1, -0.05) is 6.07 Å². The Morgan fingerprint density at radius 1 is 1.06 bits per heavy atom. The molecule has 0 spiro atoms. The molecule has 0 saturated carbocycles. The third kappa shape index (κ3) is 2.74. The van der Waals surface area contributed by atoms with Crippen molar-refractivity contribution in [3.8, 4) is 0 Å². The average Bonchev–Trinajstić information content (AvgIpc) is 2.35. The van der Waals surface area contributed by atoms with E-state index in [-0.39, 0.29) is 5.91 Å². The molecule has 0 aliphatic heterocycles. The van der Waals surface area contributed by atoms with Crippen LogP contribution < -0.4 is 5.32 Å². The van der Waals surface area contributed by atoms with Crippen molar-refractivity contribution in [1.82, 2.24) is 4.98 Å². The zero-order valence-corrected chi connectivity index (χ0v) is 10.8. The van der Waals surface area contributed by atoms with Crippen molar-refractivity contribution >= 4 is 11.6 Å². The van der Waals surface area contributed by atoms with Gasteiger partial charge in [-0.15, -0.1) is 0 Å². The predicted octanol–water partition coefficient (Wildman–Crippen LogP) is 3.26. The first kappa shape index (κ1) is 12.3. The second-order valence-corrected chi connectivity index (χ2v) is 4.44. The molecule has 1 aromatic carbocycles. The molecule has 1 heterocycles. The quantitative estimate of drug-likeness (QED) is 0.875. The summed E-state index contributed by atoms with van der Waals surface area (Å²) in [5.41, 5.74) is 4.61. The number of anilines is 1. The van der Waals surface area contributed by atoms with Gasteiger partial charge in [-0.05, 0) is 56.2 Å². The van der Waals surface area contributed by atoms with Crippen molar-refractivity contribution in [2.24, 2.45) is 0 Å². The number of hydrogen-bond donors (Lipinski definition) is 1. The summed E-state index contributed by atoms with van der Waals surface area (Å²) in [5, 5.41) is 2.83. The maximum Gasteiger partial charge on any atom is 0.255 e.